The van der Waals surface area contributed by atoms with Gasteiger partial charge in [0.1, 0.15) is 23.1 Å². The number of nitriles is 1. The van der Waals surface area contributed by atoms with Crippen LogP contribution in [0.5, 0.6) is 0 Å². The predicted octanol–water partition coefficient (Wildman–Crippen LogP) is 7.63. The SMILES string of the molecule is Cc1c(-c2cc3cc(NC(=O)OC4CC(C#N)C4)ncc3c(NC(=O)OC(C)(C)C)c2F)cnc2c1N(C(=O)OC(C)(C)C)CCC2. The van der Waals surface area contributed by atoms with Crippen molar-refractivity contribution in [3.63, 3.8) is 0 Å². The molecule has 1 aliphatic heterocycles. The lowest BCUT2D eigenvalue weighted by atomic mass is 9.84. The van der Waals surface area contributed by atoms with Crippen molar-refractivity contribution in [1.82, 2.24) is 9.97 Å². The number of carbonyl (C=O) groups excluding carboxylic acids is 3. The topological polar surface area (TPSA) is 156 Å². The summed E-state index contributed by atoms with van der Waals surface area (Å²) < 4.78 is 33.0. The third-order valence-corrected chi connectivity index (χ3v) is 7.72. The number of carbonyl (C=O) groups is 3. The first-order chi connectivity index (χ1) is 22.0. The van der Waals surface area contributed by atoms with Crippen LogP contribution < -0.4 is 15.5 Å². The van der Waals surface area contributed by atoms with Crippen molar-refractivity contribution in [3.8, 4) is 17.2 Å². The summed E-state index contributed by atoms with van der Waals surface area (Å²) in [6.45, 7) is 12.6. The number of hydrogen-bond donors (Lipinski definition) is 2. The number of fused-ring (bicyclic) bond motifs is 2. The summed E-state index contributed by atoms with van der Waals surface area (Å²) in [6, 6.07) is 5.25. The lowest BCUT2D eigenvalue weighted by Gasteiger charge is -2.33. The molecular formula is C34H39FN6O6. The van der Waals surface area contributed by atoms with Crippen LogP contribution in [0.4, 0.5) is 36.0 Å². The van der Waals surface area contributed by atoms with E-state index in [2.05, 4.69) is 26.7 Å². The maximum Gasteiger partial charge on any atom is 0.414 e. The molecule has 0 unspecified atom stereocenters. The minimum atomic E-state index is -0.867. The molecule has 3 amide bonds. The number of aryl methyl sites for hydroxylation is 1. The van der Waals surface area contributed by atoms with Crippen molar-refractivity contribution < 1.29 is 33.0 Å². The molecule has 13 heteroatoms. The number of pyridine rings is 2. The van der Waals surface area contributed by atoms with Gasteiger partial charge in [0.25, 0.3) is 0 Å². The Bertz CT molecular complexity index is 1790. The average Bonchev–Trinajstić information content (AvgIpc) is 2.94. The van der Waals surface area contributed by atoms with Crippen LogP contribution in [0.3, 0.4) is 0 Å². The van der Waals surface area contributed by atoms with E-state index in [-0.39, 0.29) is 34.5 Å². The molecule has 5 rings (SSSR count). The molecule has 0 radical (unpaired) electrons. The number of halogens is 1. The van der Waals surface area contributed by atoms with E-state index in [1.807, 2.05) is 0 Å². The Morgan fingerprint density at radius 1 is 0.979 bits per heavy atom. The van der Waals surface area contributed by atoms with Gasteiger partial charge in [-0.05, 0) is 84.4 Å². The van der Waals surface area contributed by atoms with Crippen LogP contribution in [0.15, 0.2) is 24.5 Å². The molecule has 0 saturated heterocycles. The fourth-order valence-corrected chi connectivity index (χ4v) is 5.59. The maximum atomic E-state index is 16.6. The second-order valence-electron chi connectivity index (χ2n) is 13.8. The normalized spacial score (nSPS) is 17.6. The highest BCUT2D eigenvalue weighted by atomic mass is 19.1. The molecule has 1 fully saturated rings. The van der Waals surface area contributed by atoms with Crippen LogP contribution in [0, 0.1) is 30.0 Å². The van der Waals surface area contributed by atoms with Crippen molar-refractivity contribution >= 4 is 46.2 Å². The van der Waals surface area contributed by atoms with Gasteiger partial charge in [-0.1, -0.05) is 0 Å². The zero-order valence-electron chi connectivity index (χ0n) is 27.6. The first-order valence-corrected chi connectivity index (χ1v) is 15.5. The second kappa shape index (κ2) is 12.7. The fraction of sp³-hybridized carbons (Fsp3) is 0.471. The van der Waals surface area contributed by atoms with E-state index < -0.39 is 35.3 Å². The molecule has 248 valence electrons. The fourth-order valence-electron chi connectivity index (χ4n) is 5.59. The maximum absolute atomic E-state index is 16.6. The predicted molar refractivity (Wildman–Crippen MR) is 174 cm³/mol. The molecule has 12 nitrogen and oxygen atoms in total. The Hall–Kier alpha value is -4.99. The van der Waals surface area contributed by atoms with Crippen LogP contribution in [-0.2, 0) is 20.6 Å². The first-order valence-electron chi connectivity index (χ1n) is 15.5. The van der Waals surface area contributed by atoms with Gasteiger partial charge in [-0.25, -0.2) is 23.8 Å². The van der Waals surface area contributed by atoms with Gasteiger partial charge < -0.3 is 14.2 Å². The molecule has 1 aromatic carbocycles. The standard InChI is InChI=1S/C34H39FN6O6/c1-18-23(16-37-25-9-8-10-41(29(18)25)32(44)47-34(5,6)7)22-13-20-14-26(39-30(42)45-21-11-19(12-21)15-36)38-17-24(20)28(27(22)35)40-31(43)46-33(2,3)4/h13-14,16-17,19,21H,8-12H2,1-7H3,(H,40,43)(H,38,39,42). The second-order valence-corrected chi connectivity index (χ2v) is 13.8. The van der Waals surface area contributed by atoms with Gasteiger partial charge in [0, 0.05) is 48.3 Å². The van der Waals surface area contributed by atoms with Gasteiger partial charge in [-0.15, -0.1) is 0 Å². The highest BCUT2D eigenvalue weighted by Gasteiger charge is 2.33. The van der Waals surface area contributed by atoms with Crippen molar-refractivity contribution in [2.24, 2.45) is 5.92 Å². The van der Waals surface area contributed by atoms with Crippen molar-refractivity contribution in [2.75, 3.05) is 22.1 Å². The zero-order valence-corrected chi connectivity index (χ0v) is 27.6. The van der Waals surface area contributed by atoms with Gasteiger partial charge in [0.05, 0.1) is 29.1 Å². The van der Waals surface area contributed by atoms with E-state index in [1.165, 1.54) is 17.2 Å². The molecule has 47 heavy (non-hydrogen) atoms. The minimum absolute atomic E-state index is 0.0998. The van der Waals surface area contributed by atoms with Gasteiger partial charge in [0.15, 0.2) is 5.82 Å². The lowest BCUT2D eigenvalue weighted by Crippen LogP contribution is -2.40. The number of aromatic nitrogens is 2. The Balaban J connectivity index is 1.57. The molecule has 2 aliphatic rings. The number of nitrogens with zero attached hydrogens (tertiary/aromatic N) is 4. The third-order valence-electron chi connectivity index (χ3n) is 7.72. The number of hydrogen-bond acceptors (Lipinski definition) is 9. The Labute approximate surface area is 272 Å². The van der Waals surface area contributed by atoms with E-state index >= 15 is 4.39 Å². The number of anilines is 3. The van der Waals surface area contributed by atoms with Gasteiger partial charge in [-0.3, -0.25) is 20.5 Å². The largest absolute Gasteiger partial charge is 0.446 e. The van der Waals surface area contributed by atoms with E-state index in [4.69, 9.17) is 19.5 Å². The molecule has 0 spiro atoms. The highest BCUT2D eigenvalue weighted by Crippen LogP contribution is 2.41. The molecule has 2 N–H and O–H groups in total. The lowest BCUT2D eigenvalue weighted by molar-refractivity contribution is 0.0417. The summed E-state index contributed by atoms with van der Waals surface area (Å²) in [5.74, 6) is -0.754. The summed E-state index contributed by atoms with van der Waals surface area (Å²) in [5, 5.41) is 14.8. The molecule has 0 bridgehead atoms. The zero-order chi connectivity index (χ0) is 34.3. The molecule has 3 aromatic rings. The number of benzene rings is 1. The Morgan fingerprint density at radius 2 is 1.68 bits per heavy atom. The van der Waals surface area contributed by atoms with Crippen LogP contribution in [-0.4, -0.2) is 52.1 Å². The van der Waals surface area contributed by atoms with E-state index in [1.54, 1.807) is 60.7 Å². The summed E-state index contributed by atoms with van der Waals surface area (Å²) in [6.07, 6.45) is 2.68. The van der Waals surface area contributed by atoms with Crippen LogP contribution in [0.2, 0.25) is 0 Å². The minimum Gasteiger partial charge on any atom is -0.446 e. The highest BCUT2D eigenvalue weighted by molar-refractivity contribution is 6.04. The average molecular weight is 647 g/mol. The van der Waals surface area contributed by atoms with Crippen LogP contribution >= 0.6 is 0 Å². The third kappa shape index (κ3) is 7.53. The van der Waals surface area contributed by atoms with Crippen molar-refractivity contribution in [3.05, 3.63) is 41.6 Å². The molecule has 1 saturated carbocycles. The number of nitrogens with one attached hydrogen (secondary N) is 2. The monoisotopic (exact) mass is 646 g/mol. The molecule has 2 aromatic heterocycles. The summed E-state index contributed by atoms with van der Waals surface area (Å²) in [7, 11) is 0. The Morgan fingerprint density at radius 3 is 2.34 bits per heavy atom. The van der Waals surface area contributed by atoms with Crippen LogP contribution in [0.25, 0.3) is 21.9 Å². The van der Waals surface area contributed by atoms with Gasteiger partial charge >= 0.3 is 18.3 Å². The number of ether oxygens (including phenoxy) is 3. The summed E-state index contributed by atoms with van der Waals surface area (Å²) in [5.41, 5.74) is 0.611. The Kier molecular flexibility index (Phi) is 8.99. The van der Waals surface area contributed by atoms with Gasteiger partial charge in [-0.2, -0.15) is 5.26 Å². The number of amides is 3. The van der Waals surface area contributed by atoms with Crippen molar-refractivity contribution in [1.29, 1.82) is 5.26 Å². The van der Waals surface area contributed by atoms with E-state index in [0.29, 0.717) is 60.1 Å². The smallest absolute Gasteiger partial charge is 0.414 e. The van der Waals surface area contributed by atoms with Crippen LogP contribution in [0.1, 0.15) is 72.1 Å². The molecule has 1 aliphatic carbocycles. The molecule has 3 heterocycles. The quantitative estimate of drug-likeness (QED) is 0.272. The summed E-state index contributed by atoms with van der Waals surface area (Å²) in [4.78, 5) is 49.1. The van der Waals surface area contributed by atoms with Crippen molar-refractivity contribution in [2.45, 2.75) is 91.5 Å². The van der Waals surface area contributed by atoms with E-state index in [9.17, 15) is 14.4 Å². The molecular weight excluding hydrogens is 607 g/mol. The first kappa shape index (κ1) is 33.4. The summed E-state index contributed by atoms with van der Waals surface area (Å²) >= 11 is 0. The number of rotatable bonds is 4. The molecule has 0 atom stereocenters. The van der Waals surface area contributed by atoms with Gasteiger partial charge in [0.2, 0.25) is 0 Å². The van der Waals surface area contributed by atoms with E-state index in [0.717, 1.165) is 0 Å².